The van der Waals surface area contributed by atoms with Gasteiger partial charge in [0.2, 0.25) is 0 Å². The van der Waals surface area contributed by atoms with Crippen molar-refractivity contribution in [3.05, 3.63) is 53.0 Å². The molecule has 2 aromatic rings. The van der Waals surface area contributed by atoms with Gasteiger partial charge in [-0.05, 0) is 31.9 Å². The third kappa shape index (κ3) is 2.78. The van der Waals surface area contributed by atoms with Crippen molar-refractivity contribution in [2.45, 2.75) is 45.6 Å². The first kappa shape index (κ1) is 17.4. The van der Waals surface area contributed by atoms with Gasteiger partial charge in [0.25, 0.3) is 5.91 Å². The highest BCUT2D eigenvalue weighted by Crippen LogP contribution is 2.43. The fourth-order valence-electron chi connectivity index (χ4n) is 3.52. The number of amides is 1. The lowest BCUT2D eigenvalue weighted by Gasteiger charge is -2.22. The van der Waals surface area contributed by atoms with Crippen LogP contribution in [-0.2, 0) is 10.4 Å². The summed E-state index contributed by atoms with van der Waals surface area (Å²) in [4.78, 5) is 27.4. The molecule has 1 aliphatic rings. The molecule has 0 fully saturated rings. The number of anilines is 1. The zero-order valence-electron chi connectivity index (χ0n) is 14.8. The van der Waals surface area contributed by atoms with Crippen molar-refractivity contribution in [3.8, 4) is 0 Å². The molecular weight excluding hydrogens is 318 g/mol. The Morgan fingerprint density at radius 3 is 2.64 bits per heavy atom. The lowest BCUT2D eigenvalue weighted by molar-refractivity contribution is -0.135. The summed E-state index contributed by atoms with van der Waals surface area (Å²) in [5.41, 5.74) is 0.538. The molecule has 0 radical (unpaired) electrons. The summed E-state index contributed by atoms with van der Waals surface area (Å²) in [5, 5.41) is 11.2. The second kappa shape index (κ2) is 6.48. The van der Waals surface area contributed by atoms with Gasteiger partial charge in [-0.3, -0.25) is 9.59 Å². The number of furan rings is 1. The fraction of sp³-hybridized carbons (Fsp3) is 0.400. The molecule has 0 unspecified atom stereocenters. The van der Waals surface area contributed by atoms with Gasteiger partial charge in [0.15, 0.2) is 11.4 Å². The number of Topliss-reactive ketones (excluding diaryl/α,β-unsaturated/α-hetero) is 1. The van der Waals surface area contributed by atoms with E-state index < -0.39 is 11.5 Å². The Balaban J connectivity index is 1.97. The van der Waals surface area contributed by atoms with Crippen molar-refractivity contribution in [2.24, 2.45) is 0 Å². The topological polar surface area (TPSA) is 70.8 Å². The highest BCUT2D eigenvalue weighted by molar-refractivity contribution is 6.11. The van der Waals surface area contributed by atoms with Crippen LogP contribution in [0.5, 0.6) is 0 Å². The van der Waals surface area contributed by atoms with Gasteiger partial charge in [-0.25, -0.2) is 0 Å². The number of carbonyl (C=O) groups excluding carboxylic acids is 2. The summed E-state index contributed by atoms with van der Waals surface area (Å²) in [6, 6.07) is 7.16. The Kier molecular flexibility index (Phi) is 4.52. The highest BCUT2D eigenvalue weighted by atomic mass is 16.3. The van der Waals surface area contributed by atoms with Crippen molar-refractivity contribution in [1.29, 1.82) is 0 Å². The normalized spacial score (nSPS) is 19.4. The van der Waals surface area contributed by atoms with Gasteiger partial charge < -0.3 is 14.4 Å². The van der Waals surface area contributed by atoms with Gasteiger partial charge in [-0.2, -0.15) is 0 Å². The maximum atomic E-state index is 13.0. The number of aliphatic hydroxyl groups is 1. The zero-order chi connectivity index (χ0) is 18.2. The van der Waals surface area contributed by atoms with E-state index in [9.17, 15) is 14.7 Å². The summed E-state index contributed by atoms with van der Waals surface area (Å²) >= 11 is 0. The fourth-order valence-corrected chi connectivity index (χ4v) is 3.52. The standard InChI is InChI=1S/C20H23NO4/c1-4-5-10-21-16-9-7-6-8-15(16)20(24,19(21)23)11-17(22)18-13(2)12-25-14(18)3/h6-9,12,24H,4-5,10-11H2,1-3H3/t20-/m1/s1. The van der Waals surface area contributed by atoms with E-state index in [0.29, 0.717) is 34.7 Å². The first-order valence-corrected chi connectivity index (χ1v) is 8.62. The van der Waals surface area contributed by atoms with E-state index >= 15 is 0 Å². The third-order valence-corrected chi connectivity index (χ3v) is 4.83. The maximum absolute atomic E-state index is 13.0. The molecule has 0 bridgehead atoms. The van der Waals surface area contributed by atoms with Crippen LogP contribution in [0.4, 0.5) is 5.69 Å². The Morgan fingerprint density at radius 1 is 1.28 bits per heavy atom. The molecular formula is C20H23NO4. The van der Waals surface area contributed by atoms with Crippen LogP contribution >= 0.6 is 0 Å². The quantitative estimate of drug-likeness (QED) is 0.816. The van der Waals surface area contributed by atoms with Crippen molar-refractivity contribution < 1.29 is 19.1 Å². The first-order valence-electron chi connectivity index (χ1n) is 8.62. The van der Waals surface area contributed by atoms with E-state index in [2.05, 4.69) is 0 Å². The Labute approximate surface area is 147 Å². The Morgan fingerprint density at radius 2 is 2.00 bits per heavy atom. The van der Waals surface area contributed by atoms with Crippen LogP contribution in [0.1, 0.15) is 53.4 Å². The molecule has 3 rings (SSSR count). The first-order chi connectivity index (χ1) is 11.9. The average molecular weight is 341 g/mol. The van der Waals surface area contributed by atoms with Crippen molar-refractivity contribution in [3.63, 3.8) is 0 Å². The number of aryl methyl sites for hydroxylation is 2. The summed E-state index contributed by atoms with van der Waals surface area (Å²) < 4.78 is 5.29. The predicted molar refractivity (Wildman–Crippen MR) is 94.7 cm³/mol. The van der Waals surface area contributed by atoms with Gasteiger partial charge in [0.05, 0.1) is 23.9 Å². The lowest BCUT2D eigenvalue weighted by Crippen LogP contribution is -2.42. The van der Waals surface area contributed by atoms with Gasteiger partial charge in [-0.1, -0.05) is 31.5 Å². The third-order valence-electron chi connectivity index (χ3n) is 4.83. The molecule has 1 aromatic heterocycles. The molecule has 5 nitrogen and oxygen atoms in total. The number of hydrogen-bond donors (Lipinski definition) is 1. The number of ketones is 1. The van der Waals surface area contributed by atoms with Crippen molar-refractivity contribution in [2.75, 3.05) is 11.4 Å². The smallest absolute Gasteiger partial charge is 0.264 e. The second-order valence-electron chi connectivity index (χ2n) is 6.64. The summed E-state index contributed by atoms with van der Waals surface area (Å²) in [6.45, 7) is 6.08. The number of para-hydroxylation sites is 1. The van der Waals surface area contributed by atoms with E-state index in [1.165, 1.54) is 6.26 Å². The number of rotatable bonds is 6. The lowest BCUT2D eigenvalue weighted by atomic mass is 9.87. The highest BCUT2D eigenvalue weighted by Gasteiger charge is 2.50. The molecule has 132 valence electrons. The van der Waals surface area contributed by atoms with Crippen molar-refractivity contribution in [1.82, 2.24) is 0 Å². The molecule has 1 N–H and O–H groups in total. The van der Waals surface area contributed by atoms with Gasteiger partial charge in [0, 0.05) is 12.1 Å². The van der Waals surface area contributed by atoms with Crippen molar-refractivity contribution >= 4 is 17.4 Å². The van der Waals surface area contributed by atoms with Crippen LogP contribution in [0.15, 0.2) is 34.9 Å². The van der Waals surface area contributed by atoms with Crippen LogP contribution in [0.3, 0.4) is 0 Å². The SMILES string of the molecule is CCCCN1C(=O)[C@@](O)(CC(=O)c2c(C)coc2C)c2ccccc21. The summed E-state index contributed by atoms with van der Waals surface area (Å²) in [6.07, 6.45) is 3.01. The minimum Gasteiger partial charge on any atom is -0.469 e. The maximum Gasteiger partial charge on any atom is 0.264 e. The number of carbonyl (C=O) groups is 2. The number of unbranched alkanes of at least 4 members (excludes halogenated alkanes) is 1. The molecule has 2 heterocycles. The molecule has 1 aliphatic heterocycles. The minimum absolute atomic E-state index is 0.285. The van der Waals surface area contributed by atoms with Crippen LogP contribution < -0.4 is 4.90 Å². The molecule has 0 saturated carbocycles. The van der Waals surface area contributed by atoms with Crippen LogP contribution in [0.25, 0.3) is 0 Å². The second-order valence-corrected chi connectivity index (χ2v) is 6.64. The Bertz CT molecular complexity index is 803. The molecule has 25 heavy (non-hydrogen) atoms. The van der Waals surface area contributed by atoms with Crippen LogP contribution in [0.2, 0.25) is 0 Å². The number of fused-ring (bicyclic) bond motifs is 1. The van der Waals surface area contributed by atoms with E-state index in [0.717, 1.165) is 12.8 Å². The van der Waals surface area contributed by atoms with E-state index in [1.54, 1.807) is 30.9 Å². The summed E-state index contributed by atoms with van der Waals surface area (Å²) in [5.74, 6) is -0.200. The number of benzene rings is 1. The van der Waals surface area contributed by atoms with E-state index in [1.807, 2.05) is 19.1 Å². The van der Waals surface area contributed by atoms with E-state index in [-0.39, 0.29) is 12.2 Å². The predicted octanol–water partition coefficient (Wildman–Crippen LogP) is 3.50. The van der Waals surface area contributed by atoms with Gasteiger partial charge in [0.1, 0.15) is 5.76 Å². The molecule has 0 spiro atoms. The Hall–Kier alpha value is -2.40. The molecule has 1 aromatic carbocycles. The number of hydrogen-bond acceptors (Lipinski definition) is 4. The summed E-state index contributed by atoms with van der Waals surface area (Å²) in [7, 11) is 0. The van der Waals surface area contributed by atoms with Crippen LogP contribution in [0, 0.1) is 13.8 Å². The molecule has 1 amide bonds. The largest absolute Gasteiger partial charge is 0.469 e. The molecule has 0 aliphatic carbocycles. The van der Waals surface area contributed by atoms with E-state index in [4.69, 9.17) is 4.42 Å². The molecule has 1 atom stereocenters. The molecule has 0 saturated heterocycles. The van der Waals surface area contributed by atoms with Gasteiger partial charge in [-0.15, -0.1) is 0 Å². The monoisotopic (exact) mass is 341 g/mol. The van der Waals surface area contributed by atoms with Crippen LogP contribution in [-0.4, -0.2) is 23.3 Å². The minimum atomic E-state index is -1.82. The zero-order valence-corrected chi connectivity index (χ0v) is 14.8. The number of nitrogens with zero attached hydrogens (tertiary/aromatic N) is 1. The average Bonchev–Trinajstić information content (AvgIpc) is 3.02. The van der Waals surface area contributed by atoms with Gasteiger partial charge >= 0.3 is 0 Å². The molecule has 5 heteroatoms.